The van der Waals surface area contributed by atoms with Gasteiger partial charge in [0.15, 0.2) is 5.78 Å². The molecule has 1 aliphatic heterocycles. The zero-order valence-corrected chi connectivity index (χ0v) is 16.8. The SMILES string of the molecule is Cc1ccc(C2Nc3ccccc3NC3=C2C(=O)CC(c2ccc(Cl)cc2)C3)o1. The van der Waals surface area contributed by atoms with E-state index >= 15 is 0 Å². The maximum Gasteiger partial charge on any atom is 0.163 e. The molecule has 0 amide bonds. The Morgan fingerprint density at radius 3 is 2.45 bits per heavy atom. The van der Waals surface area contributed by atoms with Crippen molar-refractivity contribution in [3.63, 3.8) is 0 Å². The standard InChI is InChI=1S/C24H21ClN2O2/c1-14-6-11-22(29-14)24-23-20(26-18-4-2-3-5-19(18)27-24)12-16(13-21(23)28)15-7-9-17(25)10-8-15/h2-11,16,24,26-27H,12-13H2,1H3. The number of aryl methyl sites for hydroxylation is 1. The number of nitrogens with one attached hydrogen (secondary N) is 2. The van der Waals surface area contributed by atoms with Gasteiger partial charge in [-0.2, -0.15) is 0 Å². The lowest BCUT2D eigenvalue weighted by atomic mass is 9.79. The van der Waals surface area contributed by atoms with E-state index in [2.05, 4.69) is 10.6 Å². The number of rotatable bonds is 2. The molecular formula is C24H21ClN2O2. The smallest absolute Gasteiger partial charge is 0.163 e. The maximum absolute atomic E-state index is 13.4. The average Bonchev–Trinajstić information content (AvgIpc) is 3.06. The quantitative estimate of drug-likeness (QED) is 0.532. The van der Waals surface area contributed by atoms with E-state index in [0.717, 1.165) is 46.1 Å². The number of Topliss-reactive ketones (excluding diaryl/α,β-unsaturated/α-hetero) is 1. The molecule has 0 spiro atoms. The predicted octanol–water partition coefficient (Wildman–Crippen LogP) is 6.22. The minimum atomic E-state index is -0.312. The zero-order chi connectivity index (χ0) is 20.0. The number of anilines is 2. The van der Waals surface area contributed by atoms with Crippen molar-refractivity contribution in [1.29, 1.82) is 0 Å². The summed E-state index contributed by atoms with van der Waals surface area (Å²) in [5, 5.41) is 7.77. The number of halogens is 1. The first-order valence-corrected chi connectivity index (χ1v) is 10.2. The molecule has 1 aromatic heterocycles. The Morgan fingerprint density at radius 1 is 0.966 bits per heavy atom. The molecule has 2 unspecified atom stereocenters. The third kappa shape index (κ3) is 3.34. The van der Waals surface area contributed by atoms with Crippen LogP contribution in [0.15, 0.2) is 76.4 Å². The molecule has 29 heavy (non-hydrogen) atoms. The Bertz CT molecular complexity index is 1110. The van der Waals surface area contributed by atoms with Gasteiger partial charge in [-0.15, -0.1) is 0 Å². The fourth-order valence-corrected chi connectivity index (χ4v) is 4.41. The minimum absolute atomic E-state index is 0.121. The summed E-state index contributed by atoms with van der Waals surface area (Å²) in [5.41, 5.74) is 4.78. The van der Waals surface area contributed by atoms with Gasteiger partial charge in [-0.25, -0.2) is 0 Å². The van der Waals surface area contributed by atoms with Crippen molar-refractivity contribution in [3.05, 3.63) is 94.0 Å². The second-order valence-corrected chi connectivity index (χ2v) is 8.10. The lowest BCUT2D eigenvalue weighted by Gasteiger charge is -2.29. The van der Waals surface area contributed by atoms with Gasteiger partial charge in [-0.3, -0.25) is 4.79 Å². The van der Waals surface area contributed by atoms with E-state index in [4.69, 9.17) is 16.0 Å². The van der Waals surface area contributed by atoms with Gasteiger partial charge in [0.2, 0.25) is 0 Å². The molecule has 2 heterocycles. The van der Waals surface area contributed by atoms with Gasteiger partial charge >= 0.3 is 0 Å². The lowest BCUT2D eigenvalue weighted by Crippen LogP contribution is -2.26. The number of furan rings is 1. The fraction of sp³-hybridized carbons (Fsp3) is 0.208. The molecule has 2 aromatic carbocycles. The topological polar surface area (TPSA) is 54.3 Å². The number of hydrogen-bond acceptors (Lipinski definition) is 4. The molecular weight excluding hydrogens is 384 g/mol. The molecule has 2 atom stereocenters. The van der Waals surface area contributed by atoms with E-state index in [-0.39, 0.29) is 17.7 Å². The van der Waals surface area contributed by atoms with Gasteiger partial charge < -0.3 is 15.1 Å². The van der Waals surface area contributed by atoms with E-state index in [9.17, 15) is 4.79 Å². The molecule has 2 aliphatic rings. The predicted molar refractivity (Wildman–Crippen MR) is 115 cm³/mol. The van der Waals surface area contributed by atoms with Crippen LogP contribution in [0.5, 0.6) is 0 Å². The van der Waals surface area contributed by atoms with Crippen molar-refractivity contribution in [2.24, 2.45) is 0 Å². The monoisotopic (exact) mass is 404 g/mol. The van der Waals surface area contributed by atoms with Gasteiger partial charge in [0.25, 0.3) is 0 Å². The highest BCUT2D eigenvalue weighted by Crippen LogP contribution is 2.44. The van der Waals surface area contributed by atoms with Crippen LogP contribution in [0.1, 0.15) is 41.9 Å². The number of benzene rings is 2. The molecule has 5 heteroatoms. The van der Waals surface area contributed by atoms with E-state index < -0.39 is 0 Å². The third-order valence-electron chi connectivity index (χ3n) is 5.70. The third-order valence-corrected chi connectivity index (χ3v) is 5.95. The molecule has 0 saturated heterocycles. The van der Waals surface area contributed by atoms with Crippen molar-refractivity contribution < 1.29 is 9.21 Å². The molecule has 0 fully saturated rings. The molecule has 0 radical (unpaired) electrons. The van der Waals surface area contributed by atoms with Gasteiger partial charge in [0.1, 0.15) is 17.6 Å². The molecule has 1 aliphatic carbocycles. The van der Waals surface area contributed by atoms with Crippen molar-refractivity contribution in [3.8, 4) is 0 Å². The summed E-state index contributed by atoms with van der Waals surface area (Å²) in [7, 11) is 0. The minimum Gasteiger partial charge on any atom is -0.464 e. The van der Waals surface area contributed by atoms with E-state index in [1.807, 2.05) is 67.6 Å². The number of fused-ring (bicyclic) bond motifs is 1. The van der Waals surface area contributed by atoms with Crippen molar-refractivity contribution >= 4 is 28.8 Å². The number of allylic oxidation sites excluding steroid dienone is 1. The number of carbonyl (C=O) groups is 1. The lowest BCUT2D eigenvalue weighted by molar-refractivity contribution is -0.116. The molecule has 0 saturated carbocycles. The van der Waals surface area contributed by atoms with Gasteiger partial charge in [0.05, 0.1) is 11.4 Å². The number of para-hydroxylation sites is 2. The van der Waals surface area contributed by atoms with Crippen LogP contribution in [0.25, 0.3) is 0 Å². The number of ketones is 1. The molecule has 5 rings (SSSR count). The summed E-state index contributed by atoms with van der Waals surface area (Å²) >= 11 is 6.05. The summed E-state index contributed by atoms with van der Waals surface area (Å²) in [4.78, 5) is 13.4. The van der Waals surface area contributed by atoms with Crippen LogP contribution in [0.2, 0.25) is 5.02 Å². The summed E-state index contributed by atoms with van der Waals surface area (Å²) in [6.45, 7) is 1.92. The summed E-state index contributed by atoms with van der Waals surface area (Å²) in [6, 6.07) is 19.4. The molecule has 0 bridgehead atoms. The van der Waals surface area contributed by atoms with E-state index in [1.54, 1.807) is 0 Å². The molecule has 2 N–H and O–H groups in total. The highest BCUT2D eigenvalue weighted by Gasteiger charge is 2.37. The zero-order valence-electron chi connectivity index (χ0n) is 16.0. The van der Waals surface area contributed by atoms with Crippen LogP contribution in [0, 0.1) is 6.92 Å². The van der Waals surface area contributed by atoms with Gasteiger partial charge in [-0.05, 0) is 61.2 Å². The van der Waals surface area contributed by atoms with Crippen molar-refractivity contribution in [2.75, 3.05) is 10.6 Å². The first-order valence-electron chi connectivity index (χ1n) is 9.79. The normalized spacial score (nSPS) is 21.0. The number of carbonyl (C=O) groups excluding carboxylic acids is 1. The number of hydrogen-bond donors (Lipinski definition) is 2. The van der Waals surface area contributed by atoms with Crippen molar-refractivity contribution in [1.82, 2.24) is 0 Å². The Labute approximate surface area is 174 Å². The largest absolute Gasteiger partial charge is 0.464 e. The average molecular weight is 405 g/mol. The highest BCUT2D eigenvalue weighted by molar-refractivity contribution is 6.30. The Kier molecular flexibility index (Phi) is 4.44. The Morgan fingerprint density at radius 2 is 1.72 bits per heavy atom. The Hall–Kier alpha value is -2.98. The van der Waals surface area contributed by atoms with Crippen LogP contribution >= 0.6 is 11.6 Å². The fourth-order valence-electron chi connectivity index (χ4n) is 4.28. The first kappa shape index (κ1) is 18.1. The van der Waals surface area contributed by atoms with Gasteiger partial charge in [-0.1, -0.05) is 35.9 Å². The van der Waals surface area contributed by atoms with Crippen LogP contribution in [0.3, 0.4) is 0 Å². The second-order valence-electron chi connectivity index (χ2n) is 7.67. The highest BCUT2D eigenvalue weighted by atomic mass is 35.5. The van der Waals surface area contributed by atoms with Crippen molar-refractivity contribution in [2.45, 2.75) is 31.7 Å². The van der Waals surface area contributed by atoms with Crippen LogP contribution < -0.4 is 10.6 Å². The second kappa shape index (κ2) is 7.12. The van der Waals surface area contributed by atoms with Crippen LogP contribution in [-0.4, -0.2) is 5.78 Å². The van der Waals surface area contributed by atoms with Crippen LogP contribution in [0.4, 0.5) is 11.4 Å². The van der Waals surface area contributed by atoms with Crippen LogP contribution in [-0.2, 0) is 4.79 Å². The summed E-state index contributed by atoms with van der Waals surface area (Å²) in [6.07, 6.45) is 1.23. The first-order chi connectivity index (χ1) is 14.1. The Balaban J connectivity index is 1.60. The van der Waals surface area contributed by atoms with Gasteiger partial charge in [0, 0.05) is 22.7 Å². The molecule has 4 nitrogen and oxygen atoms in total. The summed E-state index contributed by atoms with van der Waals surface area (Å²) < 4.78 is 5.92. The van der Waals surface area contributed by atoms with E-state index in [1.165, 1.54) is 0 Å². The molecule has 146 valence electrons. The summed E-state index contributed by atoms with van der Waals surface area (Å²) in [5.74, 6) is 1.84. The maximum atomic E-state index is 13.4. The molecule has 3 aromatic rings. The van der Waals surface area contributed by atoms with E-state index in [0.29, 0.717) is 11.4 Å².